The molecule has 0 aromatic rings. The first kappa shape index (κ1) is 8.43. The zero-order valence-corrected chi connectivity index (χ0v) is 5.98. The molecule has 0 radical (unpaired) electrons. The molecule has 0 heterocycles. The third-order valence-corrected chi connectivity index (χ3v) is 1.18. The van der Waals surface area contributed by atoms with E-state index >= 15 is 0 Å². The fraction of sp³-hybridized carbons (Fsp3) is 0.833. The van der Waals surface area contributed by atoms with Crippen molar-refractivity contribution in [3.05, 3.63) is 0 Å². The number of nitrogens with two attached hydrogens (primary N) is 1. The lowest BCUT2D eigenvalue weighted by Gasteiger charge is -2.10. The molecule has 0 fully saturated rings. The molecule has 1 atom stereocenters. The number of rotatable bonds is 4. The molecule has 0 bridgehead atoms. The Bertz CT molecular complexity index is 93.1. The lowest BCUT2D eigenvalue weighted by Crippen LogP contribution is -2.29. The zero-order chi connectivity index (χ0) is 7.28. The molecule has 0 spiro atoms. The smallest absolute Gasteiger partial charge is 0.120 e. The van der Waals surface area contributed by atoms with Gasteiger partial charge in [0.1, 0.15) is 11.9 Å². The van der Waals surface area contributed by atoms with Crippen molar-refractivity contribution in [3.8, 4) is 0 Å². The zero-order valence-electron chi connectivity index (χ0n) is 5.98. The lowest BCUT2D eigenvalue weighted by atomic mass is 10.2. The Kier molecular flexibility index (Phi) is 4.05. The summed E-state index contributed by atoms with van der Waals surface area (Å²) in [5, 5.41) is 7.01. The molecular formula is C6H14N2O. The van der Waals surface area contributed by atoms with Gasteiger partial charge in [-0.05, 0) is 6.42 Å². The summed E-state index contributed by atoms with van der Waals surface area (Å²) in [5.41, 5.74) is 5.19. The first-order valence-electron chi connectivity index (χ1n) is 3.09. The van der Waals surface area contributed by atoms with Crippen LogP contribution >= 0.6 is 0 Å². The SMILES string of the molecule is CCCC(OC)C(=N)N. The second-order valence-electron chi connectivity index (χ2n) is 1.97. The molecule has 0 amide bonds. The molecule has 3 heteroatoms. The first-order valence-corrected chi connectivity index (χ1v) is 3.09. The highest BCUT2D eigenvalue weighted by Gasteiger charge is 2.07. The second-order valence-corrected chi connectivity index (χ2v) is 1.97. The number of hydrogen-bond acceptors (Lipinski definition) is 2. The summed E-state index contributed by atoms with van der Waals surface area (Å²) in [6.45, 7) is 2.04. The van der Waals surface area contributed by atoms with Crippen LogP contribution in [0.5, 0.6) is 0 Å². The Labute approximate surface area is 55.7 Å². The van der Waals surface area contributed by atoms with E-state index in [-0.39, 0.29) is 11.9 Å². The standard InChI is InChI=1S/C6H14N2O/c1-3-4-5(9-2)6(7)8/h5H,3-4H2,1-2H3,(H3,7,8). The Morgan fingerprint density at radius 3 is 2.44 bits per heavy atom. The van der Waals surface area contributed by atoms with Gasteiger partial charge < -0.3 is 10.5 Å². The van der Waals surface area contributed by atoms with Gasteiger partial charge in [-0.1, -0.05) is 13.3 Å². The summed E-state index contributed by atoms with van der Waals surface area (Å²) in [6.07, 6.45) is 1.67. The molecule has 0 aromatic heterocycles. The fourth-order valence-corrected chi connectivity index (χ4v) is 0.663. The minimum absolute atomic E-state index is 0.124. The molecular weight excluding hydrogens is 116 g/mol. The van der Waals surface area contributed by atoms with Gasteiger partial charge in [0.2, 0.25) is 0 Å². The van der Waals surface area contributed by atoms with Crippen molar-refractivity contribution in [1.29, 1.82) is 5.41 Å². The van der Waals surface area contributed by atoms with Gasteiger partial charge in [0.25, 0.3) is 0 Å². The van der Waals surface area contributed by atoms with Crippen molar-refractivity contribution in [2.24, 2.45) is 5.73 Å². The quantitative estimate of drug-likeness (QED) is 0.435. The van der Waals surface area contributed by atoms with E-state index in [0.29, 0.717) is 0 Å². The van der Waals surface area contributed by atoms with Gasteiger partial charge in [0.05, 0.1) is 0 Å². The summed E-state index contributed by atoms with van der Waals surface area (Å²) in [6, 6.07) is 0. The molecule has 0 saturated carbocycles. The van der Waals surface area contributed by atoms with Crippen LogP contribution in [0.2, 0.25) is 0 Å². The minimum Gasteiger partial charge on any atom is -0.385 e. The number of amidine groups is 1. The van der Waals surface area contributed by atoms with Crippen LogP contribution in [0.1, 0.15) is 19.8 Å². The summed E-state index contributed by atoms with van der Waals surface area (Å²) in [7, 11) is 1.57. The maximum absolute atomic E-state index is 7.01. The maximum atomic E-state index is 7.01. The van der Waals surface area contributed by atoms with E-state index in [1.54, 1.807) is 7.11 Å². The van der Waals surface area contributed by atoms with E-state index in [2.05, 4.69) is 0 Å². The molecule has 0 saturated heterocycles. The highest BCUT2D eigenvalue weighted by molar-refractivity contribution is 5.81. The van der Waals surface area contributed by atoms with E-state index in [0.717, 1.165) is 12.8 Å². The van der Waals surface area contributed by atoms with Crippen LogP contribution in [-0.2, 0) is 4.74 Å². The third-order valence-electron chi connectivity index (χ3n) is 1.18. The fourth-order valence-electron chi connectivity index (χ4n) is 0.663. The van der Waals surface area contributed by atoms with Crippen LogP contribution in [0, 0.1) is 5.41 Å². The molecule has 0 aliphatic rings. The van der Waals surface area contributed by atoms with Crippen molar-refractivity contribution >= 4 is 5.84 Å². The summed E-state index contributed by atoms with van der Waals surface area (Å²) in [5.74, 6) is 0.124. The Hall–Kier alpha value is -0.570. The molecule has 0 aromatic carbocycles. The summed E-state index contributed by atoms with van der Waals surface area (Å²) >= 11 is 0. The Morgan fingerprint density at radius 2 is 2.33 bits per heavy atom. The van der Waals surface area contributed by atoms with Gasteiger partial charge in [0.15, 0.2) is 0 Å². The minimum atomic E-state index is -0.171. The molecule has 54 valence electrons. The Balaban J connectivity index is 3.54. The van der Waals surface area contributed by atoms with Crippen LogP contribution in [0.4, 0.5) is 0 Å². The third kappa shape index (κ3) is 3.08. The number of ether oxygens (including phenoxy) is 1. The number of nitrogens with one attached hydrogen (secondary N) is 1. The summed E-state index contributed by atoms with van der Waals surface area (Å²) in [4.78, 5) is 0. The van der Waals surface area contributed by atoms with Crippen molar-refractivity contribution < 1.29 is 4.74 Å². The van der Waals surface area contributed by atoms with Gasteiger partial charge in [0, 0.05) is 7.11 Å². The second kappa shape index (κ2) is 4.32. The van der Waals surface area contributed by atoms with Crippen LogP contribution in [0.15, 0.2) is 0 Å². The predicted octanol–water partition coefficient (Wildman–Crippen LogP) is 0.737. The van der Waals surface area contributed by atoms with Crippen molar-refractivity contribution in [3.63, 3.8) is 0 Å². The van der Waals surface area contributed by atoms with Gasteiger partial charge in [-0.25, -0.2) is 0 Å². The largest absolute Gasteiger partial charge is 0.385 e. The van der Waals surface area contributed by atoms with E-state index in [1.807, 2.05) is 6.92 Å². The highest BCUT2D eigenvalue weighted by atomic mass is 16.5. The van der Waals surface area contributed by atoms with E-state index < -0.39 is 0 Å². The van der Waals surface area contributed by atoms with Crippen molar-refractivity contribution in [1.82, 2.24) is 0 Å². The van der Waals surface area contributed by atoms with Crippen LogP contribution in [0.3, 0.4) is 0 Å². The Morgan fingerprint density at radius 1 is 1.78 bits per heavy atom. The molecule has 1 unspecified atom stereocenters. The molecule has 0 aliphatic heterocycles. The lowest BCUT2D eigenvalue weighted by molar-refractivity contribution is 0.146. The average Bonchev–Trinajstić information content (AvgIpc) is 1.82. The van der Waals surface area contributed by atoms with Crippen LogP contribution in [0.25, 0.3) is 0 Å². The predicted molar refractivity (Wildman–Crippen MR) is 37.6 cm³/mol. The maximum Gasteiger partial charge on any atom is 0.120 e. The van der Waals surface area contributed by atoms with E-state index in [4.69, 9.17) is 15.9 Å². The molecule has 3 nitrogen and oxygen atoms in total. The van der Waals surface area contributed by atoms with E-state index in [1.165, 1.54) is 0 Å². The monoisotopic (exact) mass is 130 g/mol. The number of methoxy groups -OCH3 is 1. The normalized spacial score (nSPS) is 13.1. The molecule has 9 heavy (non-hydrogen) atoms. The van der Waals surface area contributed by atoms with Gasteiger partial charge in [-0.2, -0.15) is 0 Å². The van der Waals surface area contributed by atoms with Crippen molar-refractivity contribution in [2.75, 3.05) is 7.11 Å². The topological polar surface area (TPSA) is 59.1 Å². The van der Waals surface area contributed by atoms with Gasteiger partial charge >= 0.3 is 0 Å². The molecule has 0 aliphatic carbocycles. The van der Waals surface area contributed by atoms with Gasteiger partial charge in [-0.15, -0.1) is 0 Å². The summed E-state index contributed by atoms with van der Waals surface area (Å²) < 4.78 is 4.90. The highest BCUT2D eigenvalue weighted by Crippen LogP contribution is 1.98. The van der Waals surface area contributed by atoms with Crippen LogP contribution in [-0.4, -0.2) is 19.0 Å². The molecule has 3 N–H and O–H groups in total. The average molecular weight is 130 g/mol. The number of hydrogen-bond donors (Lipinski definition) is 2. The van der Waals surface area contributed by atoms with E-state index in [9.17, 15) is 0 Å². The van der Waals surface area contributed by atoms with Crippen molar-refractivity contribution in [2.45, 2.75) is 25.9 Å². The van der Waals surface area contributed by atoms with Gasteiger partial charge in [-0.3, -0.25) is 5.41 Å². The molecule has 0 rings (SSSR count). The van der Waals surface area contributed by atoms with Crippen LogP contribution < -0.4 is 5.73 Å². The first-order chi connectivity index (χ1) is 4.22.